The molecule has 0 spiro atoms. The van der Waals surface area contributed by atoms with E-state index in [1.54, 1.807) is 0 Å². The minimum absolute atomic E-state index is 0.00216. The van der Waals surface area contributed by atoms with Crippen LogP contribution in [0, 0.1) is 0 Å². The Bertz CT molecular complexity index is 1250. The fourth-order valence-electron chi connectivity index (χ4n) is 4.80. The van der Waals surface area contributed by atoms with Crippen LogP contribution in [-0.2, 0) is 0 Å². The van der Waals surface area contributed by atoms with Crippen molar-refractivity contribution in [1.29, 1.82) is 0 Å². The van der Waals surface area contributed by atoms with Crippen molar-refractivity contribution in [1.82, 2.24) is 19.8 Å². The topological polar surface area (TPSA) is 111 Å². The van der Waals surface area contributed by atoms with Crippen LogP contribution in [0.25, 0.3) is 11.1 Å². The predicted octanol–water partition coefficient (Wildman–Crippen LogP) is 3.47. The highest BCUT2D eigenvalue weighted by atomic mass is 35.5. The zero-order chi connectivity index (χ0) is 25.9. The van der Waals surface area contributed by atoms with E-state index in [4.69, 9.17) is 17.3 Å². The number of aliphatic hydroxyl groups is 1. The third kappa shape index (κ3) is 5.64. The number of nitrogens with zero attached hydrogens (tertiary/aromatic N) is 5. The summed E-state index contributed by atoms with van der Waals surface area (Å²) < 4.78 is 0. The summed E-state index contributed by atoms with van der Waals surface area (Å²) in [6, 6.07) is 14.0. The van der Waals surface area contributed by atoms with Gasteiger partial charge in [-0.2, -0.15) is 0 Å². The molecule has 0 saturated carbocycles. The number of hydrogen-bond acceptors (Lipinski definition) is 8. The summed E-state index contributed by atoms with van der Waals surface area (Å²) in [5.74, 6) is 0.461. The lowest BCUT2D eigenvalue weighted by molar-refractivity contribution is 0.0546. The number of nitrogens with one attached hydrogen (secondary N) is 1. The lowest BCUT2D eigenvalue weighted by Gasteiger charge is -2.35. The van der Waals surface area contributed by atoms with Gasteiger partial charge in [0, 0.05) is 44.8 Å². The maximum Gasteiger partial charge on any atom is 0.253 e. The number of likely N-dealkylation sites (N-methyl/N-ethyl adjacent to an activating group) is 1. The molecule has 0 unspecified atom stereocenters. The Labute approximate surface area is 221 Å². The number of halogens is 1. The molecule has 2 aliphatic heterocycles. The van der Waals surface area contributed by atoms with Crippen LogP contribution >= 0.6 is 11.6 Å². The normalized spacial score (nSPS) is 17.2. The molecule has 2 aromatic carbocycles. The van der Waals surface area contributed by atoms with Gasteiger partial charge >= 0.3 is 0 Å². The summed E-state index contributed by atoms with van der Waals surface area (Å²) >= 11 is 6.14. The number of benzene rings is 2. The molecule has 10 heteroatoms. The molecule has 1 aromatic heterocycles. The van der Waals surface area contributed by atoms with Gasteiger partial charge < -0.3 is 30.9 Å². The molecular weight excluding hydrogens is 490 g/mol. The fraction of sp³-hybridized carbons (Fsp3) is 0.370. The molecule has 2 saturated heterocycles. The van der Waals surface area contributed by atoms with E-state index >= 15 is 0 Å². The first kappa shape index (κ1) is 25.3. The van der Waals surface area contributed by atoms with Gasteiger partial charge in [0.25, 0.3) is 5.91 Å². The average molecular weight is 522 g/mol. The van der Waals surface area contributed by atoms with Crippen LogP contribution in [-0.4, -0.2) is 83.2 Å². The first-order valence-corrected chi connectivity index (χ1v) is 12.9. The average Bonchev–Trinajstić information content (AvgIpc) is 2.92. The summed E-state index contributed by atoms with van der Waals surface area (Å²) in [6.07, 6.45) is 2.33. The number of nitrogens with two attached hydrogens (primary N) is 1. The maximum atomic E-state index is 12.9. The number of piperazine rings is 1. The van der Waals surface area contributed by atoms with Crippen LogP contribution in [0.1, 0.15) is 23.2 Å². The van der Waals surface area contributed by atoms with Crippen molar-refractivity contribution in [2.75, 3.05) is 62.3 Å². The number of hydrogen-bond donors (Lipinski definition) is 3. The standard InChI is InChI=1S/C27H32ClN7O2/c1-33-12-14-34(15-13-33)23-7-6-20(16-22(23)32-26-24(29)25(28)30-17-31-26)18-2-4-19(5-3-18)27(37)35-10-8-21(36)9-11-35/h2-7,16-17,21,36H,8-15,29H2,1H3,(H,30,31,32). The van der Waals surface area contributed by atoms with E-state index in [1.807, 2.05) is 29.2 Å². The van der Waals surface area contributed by atoms with Gasteiger partial charge in [0.1, 0.15) is 12.0 Å². The summed E-state index contributed by atoms with van der Waals surface area (Å²) in [5, 5.41) is 13.3. The number of piperidine rings is 1. The summed E-state index contributed by atoms with van der Waals surface area (Å²) in [4.78, 5) is 27.6. The second-order valence-electron chi connectivity index (χ2n) is 9.67. The number of carbonyl (C=O) groups excluding carboxylic acids is 1. The van der Waals surface area contributed by atoms with Crippen LogP contribution < -0.4 is 16.0 Å². The molecule has 0 atom stereocenters. The number of nitrogen functional groups attached to an aromatic ring is 1. The Morgan fingerprint density at radius 2 is 1.68 bits per heavy atom. The molecule has 5 rings (SSSR count). The number of amides is 1. The van der Waals surface area contributed by atoms with E-state index in [0.717, 1.165) is 48.7 Å². The third-order valence-electron chi connectivity index (χ3n) is 7.15. The van der Waals surface area contributed by atoms with Gasteiger partial charge in [-0.25, -0.2) is 9.97 Å². The fourth-order valence-corrected chi connectivity index (χ4v) is 4.93. The molecule has 194 valence electrons. The third-order valence-corrected chi connectivity index (χ3v) is 7.45. The first-order valence-electron chi connectivity index (χ1n) is 12.6. The summed E-state index contributed by atoms with van der Waals surface area (Å²) in [5.41, 5.74) is 11.0. The number of anilines is 4. The zero-order valence-electron chi connectivity index (χ0n) is 20.9. The van der Waals surface area contributed by atoms with Crippen molar-refractivity contribution in [3.8, 4) is 11.1 Å². The first-order chi connectivity index (χ1) is 17.9. The highest BCUT2D eigenvalue weighted by Crippen LogP contribution is 2.36. The van der Waals surface area contributed by atoms with Crippen molar-refractivity contribution in [3.63, 3.8) is 0 Å². The van der Waals surface area contributed by atoms with Crippen molar-refractivity contribution in [2.45, 2.75) is 18.9 Å². The smallest absolute Gasteiger partial charge is 0.253 e. The second kappa shape index (κ2) is 10.9. The summed E-state index contributed by atoms with van der Waals surface area (Å²) in [7, 11) is 2.13. The van der Waals surface area contributed by atoms with Crippen LogP contribution in [0.5, 0.6) is 0 Å². The van der Waals surface area contributed by atoms with Crippen LogP contribution in [0.3, 0.4) is 0 Å². The number of aliphatic hydroxyl groups excluding tert-OH is 1. The van der Waals surface area contributed by atoms with E-state index in [9.17, 15) is 9.90 Å². The molecule has 2 aliphatic rings. The zero-order valence-corrected chi connectivity index (χ0v) is 21.7. The Balaban J connectivity index is 1.42. The van der Waals surface area contributed by atoms with Crippen LogP contribution in [0.4, 0.5) is 22.9 Å². The monoisotopic (exact) mass is 521 g/mol. The van der Waals surface area contributed by atoms with Crippen molar-refractivity contribution < 1.29 is 9.90 Å². The Morgan fingerprint density at radius 1 is 1.00 bits per heavy atom. The number of rotatable bonds is 5. The minimum Gasteiger partial charge on any atom is -0.393 e. The Kier molecular flexibility index (Phi) is 7.45. The summed E-state index contributed by atoms with van der Waals surface area (Å²) in [6.45, 7) is 4.95. The van der Waals surface area contributed by atoms with Gasteiger partial charge in [-0.15, -0.1) is 0 Å². The highest BCUT2D eigenvalue weighted by Gasteiger charge is 2.23. The van der Waals surface area contributed by atoms with Gasteiger partial charge in [-0.05, 0) is 55.3 Å². The molecule has 2 fully saturated rings. The van der Waals surface area contributed by atoms with E-state index in [0.29, 0.717) is 43.0 Å². The van der Waals surface area contributed by atoms with E-state index < -0.39 is 0 Å². The quantitative estimate of drug-likeness (QED) is 0.438. The van der Waals surface area contributed by atoms with Crippen molar-refractivity contribution >= 4 is 40.4 Å². The Hall–Kier alpha value is -3.40. The second-order valence-corrected chi connectivity index (χ2v) is 10.0. The Morgan fingerprint density at radius 3 is 2.38 bits per heavy atom. The largest absolute Gasteiger partial charge is 0.393 e. The number of aromatic nitrogens is 2. The van der Waals surface area contributed by atoms with Gasteiger partial charge in [-0.1, -0.05) is 29.8 Å². The molecule has 3 heterocycles. The lowest BCUT2D eigenvalue weighted by atomic mass is 10.0. The minimum atomic E-state index is -0.309. The van der Waals surface area contributed by atoms with Gasteiger partial charge in [0.15, 0.2) is 11.0 Å². The number of carbonyl (C=O) groups is 1. The SMILES string of the molecule is CN1CCN(c2ccc(-c3ccc(C(=O)N4CCC(O)CC4)cc3)cc2Nc2ncnc(Cl)c2N)CC1. The number of likely N-dealkylation sites (tertiary alicyclic amines) is 1. The van der Waals surface area contributed by atoms with Gasteiger partial charge in [-0.3, -0.25) is 4.79 Å². The van der Waals surface area contributed by atoms with Crippen molar-refractivity contribution in [3.05, 3.63) is 59.5 Å². The van der Waals surface area contributed by atoms with E-state index in [2.05, 4.69) is 50.3 Å². The van der Waals surface area contributed by atoms with Gasteiger partial charge in [0.2, 0.25) is 0 Å². The lowest BCUT2D eigenvalue weighted by Crippen LogP contribution is -2.44. The maximum absolute atomic E-state index is 12.9. The van der Waals surface area contributed by atoms with E-state index in [-0.39, 0.29) is 17.2 Å². The molecule has 3 aromatic rings. The van der Waals surface area contributed by atoms with Crippen LogP contribution in [0.15, 0.2) is 48.8 Å². The highest BCUT2D eigenvalue weighted by molar-refractivity contribution is 6.32. The molecule has 0 bridgehead atoms. The molecule has 0 aliphatic carbocycles. The van der Waals surface area contributed by atoms with Gasteiger partial charge in [0.05, 0.1) is 17.5 Å². The molecule has 0 radical (unpaired) electrons. The molecule has 37 heavy (non-hydrogen) atoms. The van der Waals surface area contributed by atoms with Crippen molar-refractivity contribution in [2.24, 2.45) is 0 Å². The molecule has 4 N–H and O–H groups in total. The van der Waals surface area contributed by atoms with Crippen LogP contribution in [0.2, 0.25) is 5.15 Å². The molecule has 9 nitrogen and oxygen atoms in total. The molecular formula is C27H32ClN7O2. The predicted molar refractivity (Wildman–Crippen MR) is 147 cm³/mol. The molecule has 1 amide bonds. The van der Waals surface area contributed by atoms with E-state index in [1.165, 1.54) is 6.33 Å².